The Morgan fingerprint density at radius 3 is 0.707 bits per heavy atom. The first kappa shape index (κ1) is 79.1. The van der Waals surface area contributed by atoms with Crippen LogP contribution in [0.2, 0.25) is 0 Å². The van der Waals surface area contributed by atoms with Crippen molar-refractivity contribution in [1.29, 1.82) is 0 Å². The van der Waals surface area contributed by atoms with Crippen molar-refractivity contribution in [3.8, 4) is 0 Å². The zero-order valence-electron chi connectivity index (χ0n) is 55.0. The molecule has 0 aliphatic heterocycles. The summed E-state index contributed by atoms with van der Waals surface area (Å²) < 4.78 is 17.0. The van der Waals surface area contributed by atoms with Crippen molar-refractivity contribution in [3.63, 3.8) is 0 Å². The molecule has 0 rings (SSSR count). The van der Waals surface area contributed by atoms with Crippen molar-refractivity contribution < 1.29 is 28.6 Å². The summed E-state index contributed by atoms with van der Waals surface area (Å²) in [6.07, 6.45) is 91.2. The van der Waals surface area contributed by atoms with Gasteiger partial charge in [-0.05, 0) is 109 Å². The maximum atomic E-state index is 12.9. The summed E-state index contributed by atoms with van der Waals surface area (Å²) in [5.41, 5.74) is 0. The van der Waals surface area contributed by atoms with Crippen molar-refractivity contribution >= 4 is 17.9 Å². The second kappa shape index (κ2) is 70.6. The summed E-state index contributed by atoms with van der Waals surface area (Å²) in [6.45, 7) is 6.66. The smallest absolute Gasteiger partial charge is 0.306 e. The van der Waals surface area contributed by atoms with E-state index in [4.69, 9.17) is 14.2 Å². The van der Waals surface area contributed by atoms with Crippen molar-refractivity contribution in [1.82, 2.24) is 0 Å². The third kappa shape index (κ3) is 67.9. The lowest BCUT2D eigenvalue weighted by atomic mass is 10.0. The van der Waals surface area contributed by atoms with Crippen molar-refractivity contribution in [2.75, 3.05) is 13.2 Å². The van der Waals surface area contributed by atoms with Gasteiger partial charge in [-0.2, -0.15) is 0 Å². The molecule has 0 aromatic heterocycles. The molecular weight excluding hydrogens is 1010 g/mol. The molecule has 0 radical (unpaired) electrons. The SMILES string of the molecule is CCCCCC/C=C\CCCCCCCC(=O)OCC(COC(=O)CCCCCCCCCCCCCCCCCCCC/C=C\C/C=C\C/C=C\CCCCCCC)OC(=O)CCCCCCCCC/C=C\CCCCCCCCC. The Morgan fingerprint density at radius 1 is 0.244 bits per heavy atom. The van der Waals surface area contributed by atoms with Gasteiger partial charge in [0.2, 0.25) is 0 Å². The molecule has 0 bridgehead atoms. The number of esters is 3. The second-order valence-corrected chi connectivity index (χ2v) is 24.5. The van der Waals surface area contributed by atoms with Crippen LogP contribution in [0.25, 0.3) is 0 Å². The Bertz CT molecular complexity index is 1460. The van der Waals surface area contributed by atoms with Gasteiger partial charge in [-0.15, -0.1) is 0 Å². The Balaban J connectivity index is 4.15. The summed E-state index contributed by atoms with van der Waals surface area (Å²) in [5.74, 6) is -0.865. The van der Waals surface area contributed by atoms with E-state index in [0.717, 1.165) is 77.0 Å². The van der Waals surface area contributed by atoms with Crippen LogP contribution in [0.3, 0.4) is 0 Å². The van der Waals surface area contributed by atoms with E-state index in [1.165, 1.54) is 270 Å². The summed E-state index contributed by atoms with van der Waals surface area (Å²) in [7, 11) is 0. The highest BCUT2D eigenvalue weighted by Gasteiger charge is 2.19. The normalized spacial score (nSPS) is 12.4. The van der Waals surface area contributed by atoms with E-state index in [0.29, 0.717) is 19.3 Å². The molecule has 0 saturated heterocycles. The van der Waals surface area contributed by atoms with Crippen LogP contribution in [0.15, 0.2) is 60.8 Å². The molecule has 6 heteroatoms. The lowest BCUT2D eigenvalue weighted by Gasteiger charge is -2.18. The Labute approximate surface area is 510 Å². The lowest BCUT2D eigenvalue weighted by molar-refractivity contribution is -0.167. The van der Waals surface area contributed by atoms with Crippen LogP contribution >= 0.6 is 0 Å². The third-order valence-electron chi connectivity index (χ3n) is 16.2. The fraction of sp³-hybridized carbons (Fsp3) is 0.829. The maximum Gasteiger partial charge on any atom is 0.306 e. The summed E-state index contributed by atoms with van der Waals surface area (Å²) >= 11 is 0. The quantitative estimate of drug-likeness (QED) is 0.0261. The average Bonchev–Trinajstić information content (AvgIpc) is 3.47. The lowest BCUT2D eigenvalue weighted by Crippen LogP contribution is -2.30. The van der Waals surface area contributed by atoms with Crippen molar-refractivity contribution in [3.05, 3.63) is 60.8 Å². The molecule has 478 valence electrons. The number of carbonyl (C=O) groups is 3. The van der Waals surface area contributed by atoms with E-state index >= 15 is 0 Å². The number of carbonyl (C=O) groups excluding carboxylic acids is 3. The van der Waals surface area contributed by atoms with Crippen LogP contribution in [0.4, 0.5) is 0 Å². The van der Waals surface area contributed by atoms with Gasteiger partial charge in [0.25, 0.3) is 0 Å². The number of ether oxygens (including phenoxy) is 3. The monoisotopic (exact) mass is 1150 g/mol. The first-order chi connectivity index (χ1) is 40.5. The maximum absolute atomic E-state index is 12.9. The minimum Gasteiger partial charge on any atom is -0.462 e. The van der Waals surface area contributed by atoms with Gasteiger partial charge < -0.3 is 14.2 Å². The molecule has 0 fully saturated rings. The van der Waals surface area contributed by atoms with E-state index in [1.54, 1.807) is 0 Å². The van der Waals surface area contributed by atoms with Crippen LogP contribution in [0, 0.1) is 0 Å². The Kier molecular flexibility index (Phi) is 68.1. The molecule has 0 aromatic rings. The molecule has 1 atom stereocenters. The number of hydrogen-bond donors (Lipinski definition) is 0. The Hall–Kier alpha value is -2.89. The van der Waals surface area contributed by atoms with E-state index in [-0.39, 0.29) is 31.1 Å². The number of unbranched alkanes of at least 4 members (excludes halogenated alkanes) is 46. The van der Waals surface area contributed by atoms with Gasteiger partial charge in [-0.3, -0.25) is 14.4 Å². The molecule has 0 aromatic carbocycles. The van der Waals surface area contributed by atoms with Crippen LogP contribution < -0.4 is 0 Å². The van der Waals surface area contributed by atoms with E-state index in [2.05, 4.69) is 81.5 Å². The molecule has 0 saturated carbocycles. The predicted octanol–water partition coefficient (Wildman–Crippen LogP) is 25.1. The molecule has 0 amide bonds. The van der Waals surface area contributed by atoms with Gasteiger partial charge in [0.05, 0.1) is 0 Å². The molecule has 6 nitrogen and oxygen atoms in total. The van der Waals surface area contributed by atoms with Crippen molar-refractivity contribution in [2.45, 2.75) is 393 Å². The topological polar surface area (TPSA) is 78.9 Å². The summed E-state index contributed by atoms with van der Waals surface area (Å²) in [6, 6.07) is 0. The van der Waals surface area contributed by atoms with Gasteiger partial charge in [0, 0.05) is 19.3 Å². The van der Waals surface area contributed by atoms with Crippen molar-refractivity contribution in [2.24, 2.45) is 0 Å². The molecule has 82 heavy (non-hydrogen) atoms. The van der Waals surface area contributed by atoms with Crippen LogP contribution in [-0.2, 0) is 28.6 Å². The van der Waals surface area contributed by atoms with Gasteiger partial charge in [0.1, 0.15) is 13.2 Å². The third-order valence-corrected chi connectivity index (χ3v) is 16.2. The molecule has 1 unspecified atom stereocenters. The fourth-order valence-electron chi connectivity index (χ4n) is 10.7. The molecule has 0 heterocycles. The molecular formula is C76H138O6. The predicted molar refractivity (Wildman–Crippen MR) is 358 cm³/mol. The van der Waals surface area contributed by atoms with Crippen LogP contribution in [-0.4, -0.2) is 37.2 Å². The first-order valence-electron chi connectivity index (χ1n) is 36.3. The summed E-state index contributed by atoms with van der Waals surface area (Å²) in [5, 5.41) is 0. The highest BCUT2D eigenvalue weighted by Crippen LogP contribution is 2.18. The largest absolute Gasteiger partial charge is 0.462 e. The standard InChI is InChI=1S/C76H138O6/c1-4-7-10-13-16-19-22-25-27-29-31-32-33-34-35-36-37-38-39-40-41-42-43-44-45-47-48-51-54-57-60-63-66-69-75(78)81-72-73(71-80-74(77)68-65-62-59-56-53-50-24-21-18-15-12-9-6-3)82-76(79)70-67-64-61-58-55-52-49-46-30-28-26-23-20-17-14-11-8-5-2/h21-22,24-25,28-31,33-34,73H,4-20,23,26-27,32,35-72H2,1-3H3/b24-21-,25-22-,30-28-,31-29-,34-33-. The van der Waals surface area contributed by atoms with Crippen LogP contribution in [0.5, 0.6) is 0 Å². The second-order valence-electron chi connectivity index (χ2n) is 24.5. The van der Waals surface area contributed by atoms with Gasteiger partial charge in [-0.1, -0.05) is 319 Å². The Morgan fingerprint density at radius 2 is 0.439 bits per heavy atom. The molecule has 0 aliphatic rings. The van der Waals surface area contributed by atoms with Gasteiger partial charge in [0.15, 0.2) is 6.10 Å². The number of allylic oxidation sites excluding steroid dienone is 10. The molecule has 0 N–H and O–H groups in total. The zero-order chi connectivity index (χ0) is 59.2. The fourth-order valence-corrected chi connectivity index (χ4v) is 10.7. The molecule has 0 spiro atoms. The van der Waals surface area contributed by atoms with E-state index < -0.39 is 6.10 Å². The van der Waals surface area contributed by atoms with Crippen LogP contribution in [0.1, 0.15) is 387 Å². The summed E-state index contributed by atoms with van der Waals surface area (Å²) in [4.78, 5) is 38.4. The molecule has 0 aliphatic carbocycles. The zero-order valence-corrected chi connectivity index (χ0v) is 55.0. The van der Waals surface area contributed by atoms with Gasteiger partial charge >= 0.3 is 17.9 Å². The number of rotatable bonds is 67. The highest BCUT2D eigenvalue weighted by atomic mass is 16.6. The highest BCUT2D eigenvalue weighted by molar-refractivity contribution is 5.71. The minimum absolute atomic E-state index is 0.0745. The average molecular weight is 1150 g/mol. The first-order valence-corrected chi connectivity index (χ1v) is 36.3. The van der Waals surface area contributed by atoms with E-state index in [9.17, 15) is 14.4 Å². The van der Waals surface area contributed by atoms with E-state index in [1.807, 2.05) is 0 Å². The minimum atomic E-state index is -0.779. The van der Waals surface area contributed by atoms with Gasteiger partial charge in [-0.25, -0.2) is 0 Å². The number of hydrogen-bond acceptors (Lipinski definition) is 6.